The average molecular weight is 294 g/mol. The number of hydroxylamine groups is 2. The van der Waals surface area contributed by atoms with Crippen molar-refractivity contribution < 1.29 is 19.8 Å². The Labute approximate surface area is 124 Å². The number of likely N-dealkylation sites (N-methyl/N-ethyl adjacent to an activating group) is 1. The molecule has 1 aliphatic rings. The third kappa shape index (κ3) is 3.72. The third-order valence-corrected chi connectivity index (χ3v) is 3.83. The summed E-state index contributed by atoms with van der Waals surface area (Å²) in [4.78, 5) is 19.4. The van der Waals surface area contributed by atoms with Gasteiger partial charge in [-0.15, -0.1) is 0 Å². The molecule has 116 valence electrons. The van der Waals surface area contributed by atoms with Gasteiger partial charge >= 0.3 is 6.03 Å². The lowest BCUT2D eigenvalue weighted by molar-refractivity contribution is -0.157. The first-order valence-corrected chi connectivity index (χ1v) is 7.09. The number of amides is 2. The zero-order valence-corrected chi connectivity index (χ0v) is 12.3. The van der Waals surface area contributed by atoms with Crippen molar-refractivity contribution >= 4 is 6.03 Å². The number of urea groups is 1. The van der Waals surface area contributed by atoms with Crippen LogP contribution in [-0.4, -0.2) is 51.6 Å². The second-order valence-corrected chi connectivity index (χ2v) is 5.39. The first-order chi connectivity index (χ1) is 10.0. The molecular weight excluding hydrogens is 272 g/mol. The lowest BCUT2D eigenvalue weighted by atomic mass is 10.1. The van der Waals surface area contributed by atoms with Gasteiger partial charge in [0.15, 0.2) is 6.29 Å². The van der Waals surface area contributed by atoms with Gasteiger partial charge in [-0.05, 0) is 25.3 Å². The number of aliphatic hydroxyl groups excluding tert-OH is 1. The molecule has 6 nitrogen and oxygen atoms in total. The van der Waals surface area contributed by atoms with E-state index in [0.29, 0.717) is 19.4 Å². The molecule has 1 fully saturated rings. The Balaban J connectivity index is 2.05. The molecule has 1 saturated heterocycles. The van der Waals surface area contributed by atoms with Gasteiger partial charge in [-0.3, -0.25) is 4.84 Å². The monoisotopic (exact) mass is 294 g/mol. The Morgan fingerprint density at radius 3 is 2.57 bits per heavy atom. The van der Waals surface area contributed by atoms with Crippen LogP contribution in [0.3, 0.4) is 0 Å². The maximum atomic E-state index is 12.4. The van der Waals surface area contributed by atoms with E-state index >= 15 is 0 Å². The van der Waals surface area contributed by atoms with E-state index in [0.717, 1.165) is 5.56 Å². The van der Waals surface area contributed by atoms with E-state index < -0.39 is 12.3 Å². The van der Waals surface area contributed by atoms with Crippen molar-refractivity contribution in [3.63, 3.8) is 0 Å². The molecule has 2 atom stereocenters. The summed E-state index contributed by atoms with van der Waals surface area (Å²) in [5.74, 6) is 0. The fraction of sp³-hybridized carbons (Fsp3) is 0.533. The van der Waals surface area contributed by atoms with Crippen molar-refractivity contribution in [2.75, 3.05) is 7.05 Å². The van der Waals surface area contributed by atoms with Gasteiger partial charge in [-0.2, -0.15) is 5.06 Å². The van der Waals surface area contributed by atoms with Crippen molar-refractivity contribution in [2.24, 2.45) is 0 Å². The molecule has 1 aromatic carbocycles. The molecule has 0 radical (unpaired) electrons. The van der Waals surface area contributed by atoms with Crippen LogP contribution in [0.4, 0.5) is 4.79 Å². The second-order valence-electron chi connectivity index (χ2n) is 5.39. The molecule has 2 amide bonds. The lowest BCUT2D eigenvalue weighted by Gasteiger charge is -2.31. The molecule has 0 aromatic heterocycles. The van der Waals surface area contributed by atoms with Gasteiger partial charge in [0.2, 0.25) is 0 Å². The number of benzene rings is 1. The highest BCUT2D eigenvalue weighted by molar-refractivity contribution is 5.74. The van der Waals surface area contributed by atoms with Gasteiger partial charge in [0.05, 0.1) is 12.1 Å². The Morgan fingerprint density at radius 2 is 1.95 bits per heavy atom. The highest BCUT2D eigenvalue weighted by Crippen LogP contribution is 2.22. The minimum absolute atomic E-state index is 0.118. The molecule has 1 aromatic rings. The highest BCUT2D eigenvalue weighted by atomic mass is 16.7. The van der Waals surface area contributed by atoms with Crippen LogP contribution < -0.4 is 0 Å². The number of carbonyl (C=O) groups excluding carboxylic acids is 1. The molecule has 1 heterocycles. The number of carbonyl (C=O) groups is 1. The van der Waals surface area contributed by atoms with Crippen molar-refractivity contribution in [1.82, 2.24) is 9.96 Å². The Bertz CT molecular complexity index is 466. The normalized spacial score (nSPS) is 23.6. The predicted molar refractivity (Wildman–Crippen MR) is 76.9 cm³/mol. The highest BCUT2D eigenvalue weighted by Gasteiger charge is 2.35. The van der Waals surface area contributed by atoms with Gasteiger partial charge < -0.3 is 15.1 Å². The molecule has 0 unspecified atom stereocenters. The maximum absolute atomic E-state index is 12.4. The van der Waals surface area contributed by atoms with Gasteiger partial charge in [0.25, 0.3) is 0 Å². The van der Waals surface area contributed by atoms with Crippen molar-refractivity contribution in [3.05, 3.63) is 35.9 Å². The number of aliphatic hydroxyl groups is 2. The average Bonchev–Trinajstić information content (AvgIpc) is 2.57. The van der Waals surface area contributed by atoms with E-state index in [1.165, 1.54) is 9.96 Å². The van der Waals surface area contributed by atoms with Gasteiger partial charge in [-0.1, -0.05) is 30.3 Å². The number of nitrogens with zero attached hydrogens (tertiary/aromatic N) is 2. The van der Waals surface area contributed by atoms with Crippen LogP contribution in [0.2, 0.25) is 0 Å². The van der Waals surface area contributed by atoms with Crippen LogP contribution in [0, 0.1) is 0 Å². The molecule has 0 bridgehead atoms. The van der Waals surface area contributed by atoms with E-state index in [2.05, 4.69) is 0 Å². The summed E-state index contributed by atoms with van der Waals surface area (Å²) in [6, 6.07) is 8.53. The number of rotatable bonds is 4. The summed E-state index contributed by atoms with van der Waals surface area (Å²) in [6.07, 6.45) is -0.375. The van der Waals surface area contributed by atoms with Crippen LogP contribution in [-0.2, 0) is 11.4 Å². The Hall–Kier alpha value is -1.63. The van der Waals surface area contributed by atoms with Crippen LogP contribution in [0.5, 0.6) is 0 Å². The zero-order chi connectivity index (χ0) is 15.4. The quantitative estimate of drug-likeness (QED) is 0.822. The Morgan fingerprint density at radius 1 is 1.29 bits per heavy atom. The van der Waals surface area contributed by atoms with Crippen molar-refractivity contribution in [1.29, 1.82) is 0 Å². The zero-order valence-electron chi connectivity index (χ0n) is 12.3. The first-order valence-electron chi connectivity index (χ1n) is 7.09. The summed E-state index contributed by atoms with van der Waals surface area (Å²) < 4.78 is 0. The topological polar surface area (TPSA) is 73.2 Å². The minimum atomic E-state index is -1.54. The molecular formula is C15H22N2O4. The fourth-order valence-corrected chi connectivity index (χ4v) is 2.46. The summed E-state index contributed by atoms with van der Waals surface area (Å²) in [6.45, 7) is 2.19. The summed E-state index contributed by atoms with van der Waals surface area (Å²) >= 11 is 0. The SMILES string of the molecule is C[C@H]1CC[C@@H](C(O)O)N(C)C(=O)N1OCc1ccccc1. The van der Waals surface area contributed by atoms with Gasteiger partial charge in [-0.25, -0.2) is 4.79 Å². The van der Waals surface area contributed by atoms with Crippen LogP contribution in [0.25, 0.3) is 0 Å². The molecule has 0 saturated carbocycles. The predicted octanol–water partition coefficient (Wildman–Crippen LogP) is 1.33. The Kier molecular flexibility index (Phi) is 5.17. The molecule has 0 aliphatic carbocycles. The largest absolute Gasteiger partial charge is 0.366 e. The van der Waals surface area contributed by atoms with E-state index in [4.69, 9.17) is 4.84 Å². The van der Waals surface area contributed by atoms with E-state index in [1.807, 2.05) is 37.3 Å². The summed E-state index contributed by atoms with van der Waals surface area (Å²) in [5, 5.41) is 20.1. The van der Waals surface area contributed by atoms with Gasteiger partial charge in [0, 0.05) is 7.05 Å². The van der Waals surface area contributed by atoms with Crippen molar-refractivity contribution in [2.45, 2.75) is 44.7 Å². The van der Waals surface area contributed by atoms with Crippen LogP contribution in [0.15, 0.2) is 30.3 Å². The maximum Gasteiger partial charge on any atom is 0.344 e. The lowest BCUT2D eigenvalue weighted by Crippen LogP contribution is -2.49. The molecule has 0 spiro atoms. The summed E-state index contributed by atoms with van der Waals surface area (Å²) in [5.41, 5.74) is 0.975. The van der Waals surface area contributed by atoms with E-state index in [-0.39, 0.29) is 12.1 Å². The van der Waals surface area contributed by atoms with Gasteiger partial charge in [0.1, 0.15) is 6.61 Å². The smallest absolute Gasteiger partial charge is 0.344 e. The fourth-order valence-electron chi connectivity index (χ4n) is 2.46. The van der Waals surface area contributed by atoms with E-state index in [9.17, 15) is 15.0 Å². The summed E-state index contributed by atoms with van der Waals surface area (Å²) in [7, 11) is 1.56. The second kappa shape index (κ2) is 6.89. The first kappa shape index (κ1) is 15.8. The number of hydrogen-bond acceptors (Lipinski definition) is 4. The van der Waals surface area contributed by atoms with Crippen molar-refractivity contribution in [3.8, 4) is 0 Å². The minimum Gasteiger partial charge on any atom is -0.366 e. The number of hydrogen-bond donors (Lipinski definition) is 2. The molecule has 2 rings (SSSR count). The van der Waals surface area contributed by atoms with Crippen LogP contribution in [0.1, 0.15) is 25.3 Å². The molecule has 1 aliphatic heterocycles. The third-order valence-electron chi connectivity index (χ3n) is 3.83. The molecule has 2 N–H and O–H groups in total. The van der Waals surface area contributed by atoms with Crippen LogP contribution >= 0.6 is 0 Å². The standard InChI is InChI=1S/C15H22N2O4/c1-11-8-9-13(14(18)19)16(2)15(20)17(11)21-10-12-6-4-3-5-7-12/h3-7,11,13-14,18-19H,8-10H2,1-2H3/t11-,13-/m0/s1. The molecule has 21 heavy (non-hydrogen) atoms. The van der Waals surface area contributed by atoms with E-state index in [1.54, 1.807) is 7.05 Å². The molecule has 6 heteroatoms.